The summed E-state index contributed by atoms with van der Waals surface area (Å²) in [5.74, 6) is -0.431. The highest BCUT2D eigenvalue weighted by atomic mass is 19.4. The number of nitrogens with zero attached hydrogens (tertiary/aromatic N) is 1. The lowest BCUT2D eigenvalue weighted by Crippen LogP contribution is -2.12. The van der Waals surface area contributed by atoms with E-state index < -0.39 is 23.2 Å². The molecule has 0 aliphatic rings. The standard InChI is InChI=1S/C12H12F3N3O2/c13-12(14,15)7-2-1-3-8(6-7)18-11(20)9(4-5-16)10(19)17-18/h1-3,6,20H,4-5,16H2,(H,17,19). The number of nitrogens with one attached hydrogen (secondary N) is 1. The van der Waals surface area contributed by atoms with Crippen LogP contribution >= 0.6 is 0 Å². The maximum Gasteiger partial charge on any atom is 0.416 e. The Morgan fingerprint density at radius 3 is 2.65 bits per heavy atom. The summed E-state index contributed by atoms with van der Waals surface area (Å²) in [6.45, 7) is 0.142. The van der Waals surface area contributed by atoms with Crippen LogP contribution in [0.5, 0.6) is 5.88 Å². The Morgan fingerprint density at radius 1 is 1.35 bits per heavy atom. The van der Waals surface area contributed by atoms with Crippen molar-refractivity contribution in [2.45, 2.75) is 12.6 Å². The fraction of sp³-hybridized carbons (Fsp3) is 0.250. The zero-order chi connectivity index (χ0) is 14.9. The Bertz CT molecular complexity index is 673. The minimum absolute atomic E-state index is 0.0118. The summed E-state index contributed by atoms with van der Waals surface area (Å²) >= 11 is 0. The van der Waals surface area contributed by atoms with Crippen molar-refractivity contribution >= 4 is 0 Å². The average molecular weight is 287 g/mol. The van der Waals surface area contributed by atoms with Crippen LogP contribution in [-0.4, -0.2) is 21.4 Å². The average Bonchev–Trinajstić information content (AvgIpc) is 2.66. The molecule has 0 saturated heterocycles. The number of rotatable bonds is 3. The first-order chi connectivity index (χ1) is 9.34. The van der Waals surface area contributed by atoms with E-state index in [1.54, 1.807) is 0 Å². The van der Waals surface area contributed by atoms with E-state index in [1.807, 2.05) is 0 Å². The molecule has 0 unspecified atom stereocenters. The number of hydrogen-bond donors (Lipinski definition) is 3. The van der Waals surface area contributed by atoms with Gasteiger partial charge in [0.2, 0.25) is 5.88 Å². The summed E-state index contributed by atoms with van der Waals surface area (Å²) in [7, 11) is 0. The second-order valence-corrected chi connectivity index (χ2v) is 4.17. The SMILES string of the molecule is NCCc1c(O)n(-c2cccc(C(F)(F)F)c2)[nH]c1=O. The van der Waals surface area contributed by atoms with Gasteiger partial charge in [0, 0.05) is 0 Å². The summed E-state index contributed by atoms with van der Waals surface area (Å²) in [5, 5.41) is 12.2. The van der Waals surface area contributed by atoms with Crippen molar-refractivity contribution in [3.63, 3.8) is 0 Å². The van der Waals surface area contributed by atoms with E-state index in [4.69, 9.17) is 5.73 Å². The number of nitrogens with two attached hydrogens (primary N) is 1. The van der Waals surface area contributed by atoms with E-state index in [1.165, 1.54) is 12.1 Å². The molecule has 0 aliphatic heterocycles. The quantitative estimate of drug-likeness (QED) is 0.797. The van der Waals surface area contributed by atoms with Gasteiger partial charge in [0.1, 0.15) is 0 Å². The molecule has 4 N–H and O–H groups in total. The number of H-pyrrole nitrogens is 1. The molecule has 1 aromatic carbocycles. The lowest BCUT2D eigenvalue weighted by atomic mass is 10.2. The van der Waals surface area contributed by atoms with Crippen LogP contribution in [0.3, 0.4) is 0 Å². The topological polar surface area (TPSA) is 84.0 Å². The predicted octanol–water partition coefficient (Wildman–Crippen LogP) is 1.39. The fourth-order valence-electron chi connectivity index (χ4n) is 1.84. The zero-order valence-electron chi connectivity index (χ0n) is 10.2. The molecule has 1 aromatic heterocycles. The third-order valence-electron chi connectivity index (χ3n) is 2.80. The minimum atomic E-state index is -4.50. The van der Waals surface area contributed by atoms with Crippen molar-refractivity contribution < 1.29 is 18.3 Å². The molecule has 0 aliphatic carbocycles. The minimum Gasteiger partial charge on any atom is -0.493 e. The molecule has 0 bridgehead atoms. The van der Waals surface area contributed by atoms with Crippen LogP contribution in [0.1, 0.15) is 11.1 Å². The van der Waals surface area contributed by atoms with Crippen LogP contribution in [0.2, 0.25) is 0 Å². The van der Waals surface area contributed by atoms with Crippen LogP contribution < -0.4 is 11.3 Å². The number of aromatic amines is 1. The molecule has 20 heavy (non-hydrogen) atoms. The van der Waals surface area contributed by atoms with Gasteiger partial charge < -0.3 is 10.8 Å². The van der Waals surface area contributed by atoms with Crippen molar-refractivity contribution in [1.82, 2.24) is 9.78 Å². The normalized spacial score (nSPS) is 11.8. The maximum absolute atomic E-state index is 12.6. The van der Waals surface area contributed by atoms with Crippen LogP contribution in [0.4, 0.5) is 13.2 Å². The molecule has 0 spiro atoms. The van der Waals surface area contributed by atoms with Gasteiger partial charge in [-0.15, -0.1) is 0 Å². The number of alkyl halides is 3. The Labute approximate surface area is 111 Å². The van der Waals surface area contributed by atoms with Crippen molar-refractivity contribution in [1.29, 1.82) is 0 Å². The first kappa shape index (κ1) is 14.2. The first-order valence-electron chi connectivity index (χ1n) is 5.75. The Balaban J connectivity index is 2.53. The van der Waals surface area contributed by atoms with Crippen molar-refractivity contribution in [2.75, 3.05) is 6.54 Å². The van der Waals surface area contributed by atoms with E-state index in [0.717, 1.165) is 16.8 Å². The van der Waals surface area contributed by atoms with Gasteiger partial charge >= 0.3 is 6.18 Å². The molecule has 0 fully saturated rings. The van der Waals surface area contributed by atoms with Crippen molar-refractivity contribution in [3.8, 4) is 11.6 Å². The highest BCUT2D eigenvalue weighted by Crippen LogP contribution is 2.31. The van der Waals surface area contributed by atoms with Crippen LogP contribution in [0.15, 0.2) is 29.1 Å². The van der Waals surface area contributed by atoms with Gasteiger partial charge in [-0.25, -0.2) is 4.68 Å². The Morgan fingerprint density at radius 2 is 2.05 bits per heavy atom. The number of hydrogen-bond acceptors (Lipinski definition) is 3. The maximum atomic E-state index is 12.6. The molecule has 0 saturated carbocycles. The van der Waals surface area contributed by atoms with E-state index in [0.29, 0.717) is 0 Å². The Kier molecular flexibility index (Phi) is 3.58. The molecule has 2 aromatic rings. The summed E-state index contributed by atoms with van der Waals surface area (Å²) < 4.78 is 38.8. The molecular weight excluding hydrogens is 275 g/mol. The molecule has 0 amide bonds. The van der Waals surface area contributed by atoms with Gasteiger partial charge in [-0.3, -0.25) is 9.89 Å². The van der Waals surface area contributed by atoms with E-state index >= 15 is 0 Å². The molecule has 0 atom stereocenters. The van der Waals surface area contributed by atoms with Gasteiger partial charge in [-0.2, -0.15) is 13.2 Å². The lowest BCUT2D eigenvalue weighted by Gasteiger charge is -2.09. The van der Waals surface area contributed by atoms with Crippen LogP contribution in [-0.2, 0) is 12.6 Å². The lowest BCUT2D eigenvalue weighted by molar-refractivity contribution is -0.137. The summed E-state index contributed by atoms with van der Waals surface area (Å²) in [6.07, 6.45) is -4.37. The van der Waals surface area contributed by atoms with Gasteiger partial charge in [-0.05, 0) is 31.2 Å². The fourth-order valence-corrected chi connectivity index (χ4v) is 1.84. The molecule has 0 radical (unpaired) electrons. The van der Waals surface area contributed by atoms with E-state index in [-0.39, 0.29) is 24.2 Å². The molecule has 8 heteroatoms. The number of aromatic hydroxyl groups is 1. The third kappa shape index (κ3) is 2.55. The highest BCUT2D eigenvalue weighted by molar-refractivity contribution is 5.41. The number of benzene rings is 1. The van der Waals surface area contributed by atoms with Gasteiger partial charge in [0.25, 0.3) is 5.56 Å². The summed E-state index contributed by atoms with van der Waals surface area (Å²) in [4.78, 5) is 11.6. The van der Waals surface area contributed by atoms with Crippen molar-refractivity contribution in [2.24, 2.45) is 5.73 Å². The second-order valence-electron chi connectivity index (χ2n) is 4.17. The monoisotopic (exact) mass is 287 g/mol. The summed E-state index contributed by atoms with van der Waals surface area (Å²) in [5.41, 5.74) is 3.91. The Hall–Kier alpha value is -2.22. The van der Waals surface area contributed by atoms with Gasteiger partial charge in [0.15, 0.2) is 0 Å². The molecular formula is C12H12F3N3O2. The molecule has 2 rings (SSSR count). The number of halogens is 3. The van der Waals surface area contributed by atoms with E-state index in [9.17, 15) is 23.1 Å². The zero-order valence-corrected chi connectivity index (χ0v) is 10.2. The molecule has 1 heterocycles. The van der Waals surface area contributed by atoms with Crippen LogP contribution in [0.25, 0.3) is 5.69 Å². The van der Waals surface area contributed by atoms with E-state index in [2.05, 4.69) is 5.10 Å². The first-order valence-corrected chi connectivity index (χ1v) is 5.75. The van der Waals surface area contributed by atoms with Gasteiger partial charge in [0.05, 0.1) is 16.8 Å². The number of aromatic nitrogens is 2. The van der Waals surface area contributed by atoms with Gasteiger partial charge in [-0.1, -0.05) is 6.07 Å². The predicted molar refractivity (Wildman–Crippen MR) is 65.8 cm³/mol. The molecule has 108 valence electrons. The highest BCUT2D eigenvalue weighted by Gasteiger charge is 2.30. The second kappa shape index (κ2) is 5.04. The largest absolute Gasteiger partial charge is 0.493 e. The van der Waals surface area contributed by atoms with Crippen molar-refractivity contribution in [3.05, 3.63) is 45.7 Å². The third-order valence-corrected chi connectivity index (χ3v) is 2.80. The molecule has 5 nitrogen and oxygen atoms in total. The smallest absolute Gasteiger partial charge is 0.416 e. The van der Waals surface area contributed by atoms with Crippen LogP contribution in [0, 0.1) is 0 Å². The summed E-state index contributed by atoms with van der Waals surface area (Å²) in [6, 6.07) is 4.28.